The first-order valence-corrected chi connectivity index (χ1v) is 4.43. The highest BCUT2D eigenvalue weighted by atomic mass is 35.5. The van der Waals surface area contributed by atoms with Gasteiger partial charge in [-0.3, -0.25) is 0 Å². The summed E-state index contributed by atoms with van der Waals surface area (Å²) >= 11 is 11.4. The van der Waals surface area contributed by atoms with E-state index in [0.717, 1.165) is 18.6 Å². The molecule has 0 N–H and O–H groups in total. The molecular weight excluding hydrogens is 197 g/mol. The van der Waals surface area contributed by atoms with E-state index < -0.39 is 0 Å². The lowest BCUT2D eigenvalue weighted by molar-refractivity contribution is 0.407. The molecule has 1 aromatic rings. The topological polar surface area (TPSA) is 25.4 Å². The summed E-state index contributed by atoms with van der Waals surface area (Å²) in [5, 5.41) is 0.868. The molecule has 0 radical (unpaired) electrons. The Hall–Kier alpha value is -0.310. The fourth-order valence-electron chi connectivity index (χ4n) is 1.02. The fourth-order valence-corrected chi connectivity index (χ4v) is 1.31. The van der Waals surface area contributed by atoms with Gasteiger partial charge < -0.3 is 4.74 Å². The first-order valence-electron chi connectivity index (χ1n) is 3.67. The molecule has 0 spiro atoms. The summed E-state index contributed by atoms with van der Waals surface area (Å²) in [6.07, 6.45) is 2.98. The molecule has 12 heavy (non-hydrogen) atoms. The van der Waals surface area contributed by atoms with Gasteiger partial charge >= 0.3 is 0 Å². The maximum absolute atomic E-state index is 5.78. The normalized spacial score (nSPS) is 21.0. The van der Waals surface area contributed by atoms with Crippen molar-refractivity contribution in [2.24, 2.45) is 0 Å². The van der Waals surface area contributed by atoms with Crippen molar-refractivity contribution in [2.45, 2.75) is 12.5 Å². The Labute approximate surface area is 80.5 Å². The van der Waals surface area contributed by atoms with E-state index in [-0.39, 0.29) is 0 Å². The molecule has 2 heterocycles. The number of aromatic nitrogens is 1. The molecule has 2 rings (SSSR count). The second kappa shape index (κ2) is 3.21. The molecule has 1 saturated heterocycles. The Kier molecular flexibility index (Phi) is 2.22. The van der Waals surface area contributed by atoms with Crippen molar-refractivity contribution >= 4 is 23.2 Å². The minimum atomic E-state index is 0.358. The van der Waals surface area contributed by atoms with Crippen LogP contribution in [0.1, 0.15) is 5.56 Å². The third-order valence-electron chi connectivity index (χ3n) is 1.72. The van der Waals surface area contributed by atoms with Crippen LogP contribution >= 0.6 is 23.2 Å². The molecule has 0 amide bonds. The molecule has 0 saturated carbocycles. The van der Waals surface area contributed by atoms with E-state index in [2.05, 4.69) is 4.98 Å². The summed E-state index contributed by atoms with van der Waals surface area (Å²) in [5.41, 5.74) is 1.08. The molecule has 1 aliphatic rings. The zero-order chi connectivity index (χ0) is 8.55. The van der Waals surface area contributed by atoms with E-state index in [1.807, 2.05) is 6.07 Å². The van der Waals surface area contributed by atoms with Crippen molar-refractivity contribution in [2.75, 3.05) is 6.61 Å². The standard InChI is InChI=1S/C8H7Cl2NO/c9-7-2-5(1-6-4-12-6)3-11-8(7)10/h2-3,6H,1,4H2. The van der Waals surface area contributed by atoms with Gasteiger partial charge in [-0.15, -0.1) is 0 Å². The maximum atomic E-state index is 5.78. The monoisotopic (exact) mass is 203 g/mol. The van der Waals surface area contributed by atoms with Gasteiger partial charge in [0, 0.05) is 12.6 Å². The van der Waals surface area contributed by atoms with Crippen molar-refractivity contribution in [1.82, 2.24) is 4.98 Å². The molecule has 1 aromatic heterocycles. The summed E-state index contributed by atoms with van der Waals surface area (Å²) in [7, 11) is 0. The maximum Gasteiger partial charge on any atom is 0.147 e. The zero-order valence-corrected chi connectivity index (χ0v) is 7.77. The predicted molar refractivity (Wildman–Crippen MR) is 47.7 cm³/mol. The second-order valence-corrected chi connectivity index (χ2v) is 3.54. The van der Waals surface area contributed by atoms with Crippen molar-refractivity contribution in [3.63, 3.8) is 0 Å². The molecule has 0 aliphatic carbocycles. The van der Waals surface area contributed by atoms with E-state index >= 15 is 0 Å². The Balaban J connectivity index is 2.15. The van der Waals surface area contributed by atoms with Gasteiger partial charge in [0.1, 0.15) is 5.15 Å². The first kappa shape index (κ1) is 8.30. The highest BCUT2D eigenvalue weighted by molar-refractivity contribution is 6.41. The lowest BCUT2D eigenvalue weighted by Crippen LogP contribution is -1.93. The lowest BCUT2D eigenvalue weighted by atomic mass is 10.2. The molecule has 1 atom stereocenters. The molecular formula is C8H7Cl2NO. The van der Waals surface area contributed by atoms with Crippen molar-refractivity contribution in [3.05, 3.63) is 28.0 Å². The van der Waals surface area contributed by atoms with Crippen LogP contribution < -0.4 is 0 Å². The van der Waals surface area contributed by atoms with E-state index in [1.165, 1.54) is 0 Å². The minimum absolute atomic E-state index is 0.358. The third kappa shape index (κ3) is 1.89. The van der Waals surface area contributed by atoms with Crippen LogP contribution in [0.3, 0.4) is 0 Å². The largest absolute Gasteiger partial charge is 0.373 e. The number of hydrogen-bond donors (Lipinski definition) is 0. The molecule has 0 bridgehead atoms. The van der Waals surface area contributed by atoms with E-state index in [9.17, 15) is 0 Å². The van der Waals surface area contributed by atoms with Gasteiger partial charge in [-0.25, -0.2) is 4.98 Å². The minimum Gasteiger partial charge on any atom is -0.373 e. The van der Waals surface area contributed by atoms with Crippen LogP contribution in [0.2, 0.25) is 10.2 Å². The van der Waals surface area contributed by atoms with Crippen LogP contribution in [0.5, 0.6) is 0 Å². The second-order valence-electron chi connectivity index (χ2n) is 2.78. The van der Waals surface area contributed by atoms with Crippen LogP contribution in [0.4, 0.5) is 0 Å². The predicted octanol–water partition coefficient (Wildman–Crippen LogP) is 2.33. The average Bonchev–Trinajstić information content (AvgIpc) is 2.81. The summed E-state index contributed by atoms with van der Waals surface area (Å²) in [5.74, 6) is 0. The zero-order valence-electron chi connectivity index (χ0n) is 6.26. The highest BCUT2D eigenvalue weighted by Crippen LogP contribution is 2.22. The number of pyridine rings is 1. The lowest BCUT2D eigenvalue weighted by Gasteiger charge is -1.98. The van der Waals surface area contributed by atoms with Crippen LogP contribution in [0, 0.1) is 0 Å². The summed E-state index contributed by atoms with van der Waals surface area (Å²) in [6, 6.07) is 1.83. The third-order valence-corrected chi connectivity index (χ3v) is 2.40. The van der Waals surface area contributed by atoms with Crippen molar-refractivity contribution < 1.29 is 4.74 Å². The number of hydrogen-bond acceptors (Lipinski definition) is 2. The molecule has 64 valence electrons. The number of nitrogens with zero attached hydrogens (tertiary/aromatic N) is 1. The van der Waals surface area contributed by atoms with Gasteiger partial charge in [0.2, 0.25) is 0 Å². The van der Waals surface area contributed by atoms with E-state index in [1.54, 1.807) is 6.20 Å². The van der Waals surface area contributed by atoms with E-state index in [4.69, 9.17) is 27.9 Å². The van der Waals surface area contributed by atoms with Gasteiger partial charge in [0.15, 0.2) is 0 Å². The van der Waals surface area contributed by atoms with Crippen LogP contribution in [-0.2, 0) is 11.2 Å². The number of rotatable bonds is 2. The number of ether oxygens (including phenoxy) is 1. The first-order chi connectivity index (χ1) is 5.75. The summed E-state index contributed by atoms with van der Waals surface area (Å²) in [4.78, 5) is 3.94. The Bertz CT molecular complexity index is 299. The Morgan fingerprint density at radius 2 is 2.33 bits per heavy atom. The van der Waals surface area contributed by atoms with Crippen LogP contribution in [0.15, 0.2) is 12.3 Å². The molecule has 4 heteroatoms. The summed E-state index contributed by atoms with van der Waals surface area (Å²) in [6.45, 7) is 0.847. The molecule has 1 aliphatic heterocycles. The number of halogens is 2. The van der Waals surface area contributed by atoms with Crippen molar-refractivity contribution in [1.29, 1.82) is 0 Å². The Morgan fingerprint density at radius 1 is 1.58 bits per heavy atom. The van der Waals surface area contributed by atoms with Gasteiger partial charge in [-0.05, 0) is 11.6 Å². The van der Waals surface area contributed by atoms with Crippen LogP contribution in [-0.4, -0.2) is 17.7 Å². The fraction of sp³-hybridized carbons (Fsp3) is 0.375. The number of epoxide rings is 1. The SMILES string of the molecule is Clc1cc(CC2CO2)cnc1Cl. The van der Waals surface area contributed by atoms with Crippen LogP contribution in [0.25, 0.3) is 0 Å². The van der Waals surface area contributed by atoms with Gasteiger partial charge in [0.25, 0.3) is 0 Å². The molecule has 2 nitrogen and oxygen atoms in total. The van der Waals surface area contributed by atoms with Gasteiger partial charge in [-0.1, -0.05) is 23.2 Å². The van der Waals surface area contributed by atoms with Crippen molar-refractivity contribution in [3.8, 4) is 0 Å². The van der Waals surface area contributed by atoms with Gasteiger partial charge in [0.05, 0.1) is 17.7 Å². The smallest absolute Gasteiger partial charge is 0.147 e. The highest BCUT2D eigenvalue weighted by Gasteiger charge is 2.22. The summed E-state index contributed by atoms with van der Waals surface area (Å²) < 4.78 is 5.08. The molecule has 1 unspecified atom stereocenters. The quantitative estimate of drug-likeness (QED) is 0.545. The molecule has 0 aromatic carbocycles. The molecule has 1 fully saturated rings. The van der Waals surface area contributed by atoms with E-state index in [0.29, 0.717) is 16.3 Å². The van der Waals surface area contributed by atoms with Gasteiger partial charge in [-0.2, -0.15) is 0 Å². The average molecular weight is 204 g/mol. The Morgan fingerprint density at radius 3 is 2.92 bits per heavy atom.